The van der Waals surface area contributed by atoms with Gasteiger partial charge < -0.3 is 19.6 Å². The molecule has 0 aliphatic carbocycles. The van der Waals surface area contributed by atoms with Crippen molar-refractivity contribution < 1.29 is 4.74 Å². The molecule has 4 aromatic rings. The zero-order chi connectivity index (χ0) is 25.1. The summed E-state index contributed by atoms with van der Waals surface area (Å²) in [5, 5.41) is 0. The maximum absolute atomic E-state index is 5.18. The lowest BCUT2D eigenvalue weighted by Gasteiger charge is -2.33. The van der Waals surface area contributed by atoms with Gasteiger partial charge in [-0.25, -0.2) is 15.0 Å². The summed E-state index contributed by atoms with van der Waals surface area (Å²) in [6.07, 6.45) is 3.78. The number of aryl methyl sites for hydroxylation is 1. The summed E-state index contributed by atoms with van der Waals surface area (Å²) in [7, 11) is 3.44. The van der Waals surface area contributed by atoms with E-state index < -0.39 is 0 Å². The van der Waals surface area contributed by atoms with Gasteiger partial charge >= 0.3 is 0 Å². The molecule has 8 heteroatoms. The summed E-state index contributed by atoms with van der Waals surface area (Å²) in [6.45, 7) is 7.65. The number of nitrogens with zero attached hydrogens (tertiary/aromatic N) is 5. The molecule has 4 heterocycles. The molecule has 36 heavy (non-hydrogen) atoms. The Balaban J connectivity index is 1.32. The van der Waals surface area contributed by atoms with E-state index >= 15 is 0 Å². The standard InChI is InChI=1S/C28H31N7O/c1-18-25(19-8-6-5-7-9-19)34-26(32-18)20-12-14-35(15-13-20)28(30-3)22-16-23(33-27(22)29-2)21-10-11-24(36-4)31-17-21/h5-11,16-17,20,33H,2,12-15H2,1,3-4H3,(H,32,34). The lowest BCUT2D eigenvalue weighted by Crippen LogP contribution is -2.38. The van der Waals surface area contributed by atoms with E-state index in [9.17, 15) is 0 Å². The third kappa shape index (κ3) is 4.54. The molecule has 1 aromatic carbocycles. The zero-order valence-electron chi connectivity index (χ0n) is 21.0. The van der Waals surface area contributed by atoms with Crippen LogP contribution < -0.4 is 4.74 Å². The first-order valence-electron chi connectivity index (χ1n) is 12.2. The summed E-state index contributed by atoms with van der Waals surface area (Å²) in [5.41, 5.74) is 6.11. The van der Waals surface area contributed by atoms with Gasteiger partial charge in [0.1, 0.15) is 17.5 Å². The van der Waals surface area contributed by atoms with Crippen LogP contribution in [0.25, 0.3) is 22.5 Å². The quantitative estimate of drug-likeness (QED) is 0.286. The molecule has 0 radical (unpaired) electrons. The number of nitrogens with one attached hydrogen (secondary N) is 2. The first-order chi connectivity index (χ1) is 17.6. The largest absolute Gasteiger partial charge is 0.481 e. The molecule has 1 aliphatic heterocycles. The maximum Gasteiger partial charge on any atom is 0.212 e. The van der Waals surface area contributed by atoms with Crippen molar-refractivity contribution in [3.8, 4) is 28.4 Å². The van der Waals surface area contributed by atoms with Crippen LogP contribution in [-0.4, -0.2) is 64.6 Å². The monoisotopic (exact) mass is 481 g/mol. The number of aromatic amines is 2. The minimum atomic E-state index is 0.389. The lowest BCUT2D eigenvalue weighted by molar-refractivity contribution is 0.308. The van der Waals surface area contributed by atoms with E-state index in [1.54, 1.807) is 13.3 Å². The summed E-state index contributed by atoms with van der Waals surface area (Å²) in [5.74, 6) is 3.66. The number of imidazole rings is 1. The average molecular weight is 482 g/mol. The second-order valence-corrected chi connectivity index (χ2v) is 8.96. The van der Waals surface area contributed by atoms with Gasteiger partial charge in [-0.2, -0.15) is 0 Å². The van der Waals surface area contributed by atoms with E-state index in [1.807, 2.05) is 25.2 Å². The fourth-order valence-electron chi connectivity index (χ4n) is 4.91. The second kappa shape index (κ2) is 10.2. The first kappa shape index (κ1) is 23.5. The molecule has 1 aliphatic rings. The highest BCUT2D eigenvalue weighted by molar-refractivity contribution is 6.04. The number of hydrogen-bond donors (Lipinski definition) is 2. The average Bonchev–Trinajstić information content (AvgIpc) is 3.54. The SMILES string of the molecule is C=Nc1[nH]c(-c2ccc(OC)nc2)cc1C(=NC)N1CCC(c2nc(-c3ccccc3)c(C)[nH]2)CC1. The third-order valence-electron chi connectivity index (χ3n) is 6.80. The molecule has 8 nitrogen and oxygen atoms in total. The highest BCUT2D eigenvalue weighted by Gasteiger charge is 2.27. The number of likely N-dealkylation sites (tertiary alicyclic amines) is 1. The van der Waals surface area contributed by atoms with Crippen molar-refractivity contribution in [3.05, 3.63) is 71.8 Å². The van der Waals surface area contributed by atoms with Crippen LogP contribution in [0.3, 0.4) is 0 Å². The summed E-state index contributed by atoms with van der Waals surface area (Å²) >= 11 is 0. The van der Waals surface area contributed by atoms with Gasteiger partial charge in [-0.1, -0.05) is 30.3 Å². The number of pyridine rings is 1. The highest BCUT2D eigenvalue weighted by atomic mass is 16.5. The third-order valence-corrected chi connectivity index (χ3v) is 6.80. The molecule has 0 unspecified atom stereocenters. The van der Waals surface area contributed by atoms with Crippen molar-refractivity contribution in [2.75, 3.05) is 27.2 Å². The predicted octanol–water partition coefficient (Wildman–Crippen LogP) is 5.37. The van der Waals surface area contributed by atoms with Crippen LogP contribution in [0.2, 0.25) is 0 Å². The Hall–Kier alpha value is -4.20. The Labute approximate surface area is 211 Å². The van der Waals surface area contributed by atoms with E-state index in [4.69, 9.17) is 9.72 Å². The Kier molecular flexibility index (Phi) is 6.66. The predicted molar refractivity (Wildman–Crippen MR) is 145 cm³/mol. The van der Waals surface area contributed by atoms with Crippen LogP contribution in [0.5, 0.6) is 5.88 Å². The Morgan fingerprint density at radius 1 is 1.08 bits per heavy atom. The van der Waals surface area contributed by atoms with Gasteiger partial charge in [0.15, 0.2) is 0 Å². The van der Waals surface area contributed by atoms with E-state index in [-0.39, 0.29) is 0 Å². The van der Waals surface area contributed by atoms with Crippen LogP contribution in [0.1, 0.15) is 35.8 Å². The molecular formula is C28H31N7O. The minimum absolute atomic E-state index is 0.389. The molecule has 5 rings (SSSR count). The minimum Gasteiger partial charge on any atom is -0.481 e. The number of H-pyrrole nitrogens is 2. The van der Waals surface area contributed by atoms with E-state index in [2.05, 4.69) is 73.8 Å². The molecule has 0 saturated carbocycles. The number of rotatable bonds is 6. The van der Waals surface area contributed by atoms with Crippen LogP contribution >= 0.6 is 0 Å². The molecule has 2 N–H and O–H groups in total. The van der Waals surface area contributed by atoms with Crippen LogP contribution in [0.15, 0.2) is 64.7 Å². The van der Waals surface area contributed by atoms with E-state index in [1.165, 1.54) is 0 Å². The molecule has 1 saturated heterocycles. The van der Waals surface area contributed by atoms with Gasteiger partial charge in [0.05, 0.1) is 18.4 Å². The molecular weight excluding hydrogens is 450 g/mol. The van der Waals surface area contributed by atoms with Gasteiger partial charge in [-0.3, -0.25) is 4.99 Å². The fraction of sp³-hybridized carbons (Fsp3) is 0.286. The summed E-state index contributed by atoms with van der Waals surface area (Å²) in [4.78, 5) is 27.4. The number of amidine groups is 1. The normalized spacial score (nSPS) is 14.8. The van der Waals surface area contributed by atoms with Crippen LogP contribution in [0, 0.1) is 6.92 Å². The van der Waals surface area contributed by atoms with Gasteiger partial charge in [0, 0.05) is 60.8 Å². The van der Waals surface area contributed by atoms with Crippen molar-refractivity contribution in [2.45, 2.75) is 25.7 Å². The Morgan fingerprint density at radius 2 is 1.86 bits per heavy atom. The molecule has 0 spiro atoms. The topological polar surface area (TPSA) is 94.5 Å². The molecule has 0 amide bonds. The van der Waals surface area contributed by atoms with Crippen LogP contribution in [-0.2, 0) is 0 Å². The van der Waals surface area contributed by atoms with Crippen molar-refractivity contribution >= 4 is 18.4 Å². The van der Waals surface area contributed by atoms with Gasteiger partial charge in [-0.05, 0) is 38.6 Å². The van der Waals surface area contributed by atoms with Crippen molar-refractivity contribution in [2.24, 2.45) is 9.98 Å². The van der Waals surface area contributed by atoms with E-state index in [0.717, 1.165) is 71.4 Å². The van der Waals surface area contributed by atoms with Gasteiger partial charge in [-0.15, -0.1) is 0 Å². The number of ether oxygens (including phenoxy) is 1. The number of piperidine rings is 1. The van der Waals surface area contributed by atoms with Crippen molar-refractivity contribution in [1.29, 1.82) is 0 Å². The maximum atomic E-state index is 5.18. The number of benzene rings is 1. The summed E-state index contributed by atoms with van der Waals surface area (Å²) < 4.78 is 5.18. The van der Waals surface area contributed by atoms with Crippen molar-refractivity contribution in [1.82, 2.24) is 24.8 Å². The first-order valence-corrected chi connectivity index (χ1v) is 12.2. The number of hydrogen-bond acceptors (Lipinski definition) is 5. The smallest absolute Gasteiger partial charge is 0.212 e. The Bertz CT molecular complexity index is 1360. The number of methoxy groups -OCH3 is 1. The lowest BCUT2D eigenvalue weighted by atomic mass is 9.95. The molecule has 3 aromatic heterocycles. The highest BCUT2D eigenvalue weighted by Crippen LogP contribution is 2.33. The van der Waals surface area contributed by atoms with Crippen LogP contribution in [0.4, 0.5) is 5.82 Å². The summed E-state index contributed by atoms with van der Waals surface area (Å²) in [6, 6.07) is 16.2. The number of aliphatic imine (C=N–C) groups is 2. The second-order valence-electron chi connectivity index (χ2n) is 8.96. The van der Waals surface area contributed by atoms with Gasteiger partial charge in [0.25, 0.3) is 0 Å². The molecule has 0 bridgehead atoms. The zero-order valence-corrected chi connectivity index (χ0v) is 21.0. The fourth-order valence-corrected chi connectivity index (χ4v) is 4.91. The number of aromatic nitrogens is 4. The van der Waals surface area contributed by atoms with Gasteiger partial charge in [0.2, 0.25) is 5.88 Å². The Morgan fingerprint density at radius 3 is 2.50 bits per heavy atom. The molecule has 0 atom stereocenters. The van der Waals surface area contributed by atoms with Crippen molar-refractivity contribution in [3.63, 3.8) is 0 Å². The molecule has 1 fully saturated rings. The van der Waals surface area contributed by atoms with E-state index in [0.29, 0.717) is 17.6 Å². The molecule has 184 valence electrons.